The Morgan fingerprint density at radius 2 is 2.33 bits per heavy atom. The molecule has 0 radical (unpaired) electrons. The van der Waals surface area contributed by atoms with Gasteiger partial charge >= 0.3 is 0 Å². The van der Waals surface area contributed by atoms with Crippen molar-refractivity contribution in [3.05, 3.63) is 40.3 Å². The first-order valence-electron chi connectivity index (χ1n) is 3.09. The third kappa shape index (κ3) is 1.99. The minimum absolute atomic E-state index is 0.321. The van der Waals surface area contributed by atoms with Crippen LogP contribution >= 0.6 is 11.6 Å². The number of carbonyl (C=O) groups is 1. The molecular weight excluding hydrogens is 178 g/mol. The molecule has 12 heavy (non-hydrogen) atoms. The number of hydrogen-bond donors (Lipinski definition) is 0. The molecule has 0 unspecified atom stereocenters. The Hall–Kier alpha value is -1.51. The predicted octanol–water partition coefficient (Wildman–Crippen LogP) is 3.01. The van der Waals surface area contributed by atoms with Crippen LogP contribution in [0.1, 0.15) is 10.4 Å². The molecule has 0 atom stereocenters. The highest BCUT2D eigenvalue weighted by atomic mass is 35.5. The van der Waals surface area contributed by atoms with Crippen LogP contribution in [0, 0.1) is 0 Å². The first-order chi connectivity index (χ1) is 5.74. The van der Waals surface area contributed by atoms with E-state index in [2.05, 4.69) is 10.0 Å². The van der Waals surface area contributed by atoms with Crippen LogP contribution in [0.4, 0.5) is 5.69 Å². The van der Waals surface area contributed by atoms with Crippen LogP contribution in [0.5, 0.6) is 0 Å². The first-order valence-corrected chi connectivity index (χ1v) is 3.47. The summed E-state index contributed by atoms with van der Waals surface area (Å²) >= 11 is 5.20. The van der Waals surface area contributed by atoms with Gasteiger partial charge in [-0.3, -0.25) is 4.79 Å². The average molecular weight is 182 g/mol. The average Bonchev–Trinajstić information content (AvgIpc) is 2.05. The summed E-state index contributed by atoms with van der Waals surface area (Å²) in [6.07, 6.45) is 0. The van der Waals surface area contributed by atoms with Gasteiger partial charge in [0, 0.05) is 16.2 Å². The predicted molar refractivity (Wildman–Crippen MR) is 45.4 cm³/mol. The van der Waals surface area contributed by atoms with Gasteiger partial charge in [0.2, 0.25) is 0 Å². The lowest BCUT2D eigenvalue weighted by molar-refractivity contribution is 0.108. The molecule has 0 aliphatic heterocycles. The second kappa shape index (κ2) is 3.76. The van der Waals surface area contributed by atoms with Crippen LogP contribution < -0.4 is 0 Å². The summed E-state index contributed by atoms with van der Waals surface area (Å²) in [5, 5.41) is 2.75. The van der Waals surface area contributed by atoms with Gasteiger partial charge in [-0.2, -0.15) is 0 Å². The van der Waals surface area contributed by atoms with Crippen molar-refractivity contribution in [2.24, 2.45) is 5.11 Å². The van der Waals surface area contributed by atoms with E-state index < -0.39 is 5.24 Å². The van der Waals surface area contributed by atoms with Crippen LogP contribution in [-0.4, -0.2) is 5.24 Å². The number of benzene rings is 1. The van der Waals surface area contributed by atoms with E-state index in [0.717, 1.165) is 0 Å². The lowest BCUT2D eigenvalue weighted by Crippen LogP contribution is -1.85. The largest absolute Gasteiger partial charge is 0.276 e. The summed E-state index contributed by atoms with van der Waals surface area (Å²) < 4.78 is 0. The number of rotatable bonds is 2. The van der Waals surface area contributed by atoms with Gasteiger partial charge in [0.15, 0.2) is 0 Å². The van der Waals surface area contributed by atoms with Crippen LogP contribution in [0.25, 0.3) is 10.4 Å². The molecule has 0 saturated heterocycles. The third-order valence-corrected chi connectivity index (χ3v) is 1.45. The Kier molecular flexibility index (Phi) is 2.69. The molecule has 0 aliphatic carbocycles. The summed E-state index contributed by atoms with van der Waals surface area (Å²) in [6.45, 7) is 0. The first kappa shape index (κ1) is 8.59. The number of hydrogen-bond acceptors (Lipinski definition) is 2. The minimum atomic E-state index is -0.565. The van der Waals surface area contributed by atoms with Crippen LogP contribution in [-0.2, 0) is 0 Å². The Balaban J connectivity index is 3.11. The van der Waals surface area contributed by atoms with E-state index in [1.165, 1.54) is 6.07 Å². The smallest absolute Gasteiger partial charge is 0.252 e. The molecular formula is C7H4ClN3O. The fraction of sp³-hybridized carbons (Fsp3) is 0. The third-order valence-electron chi connectivity index (χ3n) is 1.23. The Morgan fingerprint density at radius 1 is 1.58 bits per heavy atom. The lowest BCUT2D eigenvalue weighted by atomic mass is 10.2. The van der Waals surface area contributed by atoms with E-state index in [1.807, 2.05) is 0 Å². The molecule has 5 heteroatoms. The number of carbonyl (C=O) groups excluding carboxylic acids is 1. The molecule has 1 rings (SSSR count). The van der Waals surface area contributed by atoms with Crippen molar-refractivity contribution in [3.8, 4) is 0 Å². The lowest BCUT2D eigenvalue weighted by Gasteiger charge is -1.93. The number of azide groups is 1. The molecule has 1 aromatic rings. The maximum absolute atomic E-state index is 10.6. The standard InChI is InChI=1S/C7H4ClN3O/c8-7(12)5-2-1-3-6(4-5)10-11-9/h1-4H. The monoisotopic (exact) mass is 181 g/mol. The molecule has 0 aliphatic rings. The Labute approximate surface area is 73.4 Å². The quantitative estimate of drug-likeness (QED) is 0.299. The number of nitrogens with zero attached hydrogens (tertiary/aromatic N) is 3. The zero-order chi connectivity index (χ0) is 8.97. The van der Waals surface area contributed by atoms with Crippen molar-refractivity contribution in [3.63, 3.8) is 0 Å². The van der Waals surface area contributed by atoms with E-state index in [9.17, 15) is 4.79 Å². The summed E-state index contributed by atoms with van der Waals surface area (Å²) in [4.78, 5) is 13.2. The second-order valence-electron chi connectivity index (χ2n) is 2.01. The minimum Gasteiger partial charge on any atom is -0.276 e. The maximum Gasteiger partial charge on any atom is 0.252 e. The molecule has 0 aromatic heterocycles. The van der Waals surface area contributed by atoms with Gasteiger partial charge in [-0.1, -0.05) is 23.3 Å². The van der Waals surface area contributed by atoms with Gasteiger partial charge in [0.1, 0.15) is 0 Å². The second-order valence-corrected chi connectivity index (χ2v) is 2.36. The molecule has 0 saturated carbocycles. The molecule has 0 spiro atoms. The van der Waals surface area contributed by atoms with E-state index >= 15 is 0 Å². The van der Waals surface area contributed by atoms with Crippen molar-refractivity contribution in [1.29, 1.82) is 0 Å². The highest BCUT2D eigenvalue weighted by Crippen LogP contribution is 2.15. The van der Waals surface area contributed by atoms with Crippen LogP contribution in [0.2, 0.25) is 0 Å². The maximum atomic E-state index is 10.6. The molecule has 0 N–H and O–H groups in total. The highest BCUT2D eigenvalue weighted by Gasteiger charge is 2.00. The zero-order valence-corrected chi connectivity index (χ0v) is 6.69. The summed E-state index contributed by atoms with van der Waals surface area (Å²) in [6, 6.07) is 6.16. The number of halogens is 1. The molecule has 0 fully saturated rings. The van der Waals surface area contributed by atoms with Crippen LogP contribution in [0.15, 0.2) is 29.4 Å². The van der Waals surface area contributed by atoms with Crippen molar-refractivity contribution < 1.29 is 4.79 Å². The zero-order valence-electron chi connectivity index (χ0n) is 5.94. The molecule has 60 valence electrons. The highest BCUT2D eigenvalue weighted by molar-refractivity contribution is 6.67. The fourth-order valence-corrected chi connectivity index (χ4v) is 0.860. The summed E-state index contributed by atoms with van der Waals surface area (Å²) in [7, 11) is 0. The van der Waals surface area contributed by atoms with Crippen LogP contribution in [0.3, 0.4) is 0 Å². The van der Waals surface area contributed by atoms with Crippen molar-refractivity contribution in [2.45, 2.75) is 0 Å². The van der Waals surface area contributed by atoms with Gasteiger partial charge in [0.25, 0.3) is 5.24 Å². The van der Waals surface area contributed by atoms with Gasteiger partial charge in [-0.15, -0.1) is 0 Å². The molecule has 0 heterocycles. The Morgan fingerprint density at radius 3 is 2.92 bits per heavy atom. The SMILES string of the molecule is [N-]=[N+]=Nc1cccc(C(=O)Cl)c1. The molecule has 0 bridgehead atoms. The van der Waals surface area contributed by atoms with Gasteiger partial charge in [0.05, 0.1) is 0 Å². The topological polar surface area (TPSA) is 65.8 Å². The van der Waals surface area contributed by atoms with Gasteiger partial charge in [-0.05, 0) is 23.2 Å². The van der Waals surface area contributed by atoms with E-state index in [-0.39, 0.29) is 0 Å². The fourth-order valence-electron chi connectivity index (χ4n) is 0.742. The van der Waals surface area contributed by atoms with Gasteiger partial charge in [-0.25, -0.2) is 0 Å². The summed E-state index contributed by atoms with van der Waals surface area (Å²) in [5.74, 6) is 0. The normalized spacial score (nSPS) is 8.75. The molecule has 1 aromatic carbocycles. The van der Waals surface area contributed by atoms with E-state index in [4.69, 9.17) is 17.1 Å². The van der Waals surface area contributed by atoms with E-state index in [1.54, 1.807) is 18.2 Å². The van der Waals surface area contributed by atoms with Crippen molar-refractivity contribution >= 4 is 22.5 Å². The molecule has 4 nitrogen and oxygen atoms in total. The Bertz CT molecular complexity index is 340. The summed E-state index contributed by atoms with van der Waals surface area (Å²) in [5.41, 5.74) is 8.79. The van der Waals surface area contributed by atoms with E-state index in [0.29, 0.717) is 11.3 Å². The van der Waals surface area contributed by atoms with Crippen molar-refractivity contribution in [2.75, 3.05) is 0 Å². The van der Waals surface area contributed by atoms with Crippen molar-refractivity contribution in [1.82, 2.24) is 0 Å². The van der Waals surface area contributed by atoms with Gasteiger partial charge < -0.3 is 0 Å². The molecule has 0 amide bonds.